The van der Waals surface area contributed by atoms with Crippen molar-refractivity contribution in [3.05, 3.63) is 52.3 Å². The van der Waals surface area contributed by atoms with Gasteiger partial charge in [0.15, 0.2) is 11.6 Å². The Morgan fingerprint density at radius 2 is 2.00 bits per heavy atom. The van der Waals surface area contributed by atoms with Crippen LogP contribution in [0.1, 0.15) is 49.8 Å². The lowest BCUT2D eigenvalue weighted by Gasteiger charge is -2.14. The standard InChI is InChI=1S/C19H21BrN6/c1-11(2)13-5-3-4-6-15(13)22-19-21-10-14(20)18(24-19)23-17-9-16(25-26-17)12-7-8-12/h3-6,9-12H,7-8H2,1-2H3,(H3,21,22,23,24,25,26). The number of rotatable bonds is 6. The van der Waals surface area contributed by atoms with Crippen LogP contribution < -0.4 is 10.6 Å². The van der Waals surface area contributed by atoms with Gasteiger partial charge in [-0.25, -0.2) is 4.98 Å². The first-order valence-corrected chi connectivity index (χ1v) is 9.60. The van der Waals surface area contributed by atoms with E-state index in [2.05, 4.69) is 66.6 Å². The van der Waals surface area contributed by atoms with E-state index in [0.717, 1.165) is 16.0 Å². The number of H-pyrrole nitrogens is 1. The first-order chi connectivity index (χ1) is 12.6. The predicted molar refractivity (Wildman–Crippen MR) is 107 cm³/mol. The molecular formula is C19H21BrN6. The van der Waals surface area contributed by atoms with Crippen molar-refractivity contribution in [1.29, 1.82) is 0 Å². The highest BCUT2D eigenvalue weighted by Gasteiger charge is 2.25. The predicted octanol–water partition coefficient (Wildman–Crippen LogP) is 5.45. The molecule has 1 aliphatic rings. The minimum absolute atomic E-state index is 0.414. The van der Waals surface area contributed by atoms with E-state index in [1.165, 1.54) is 24.1 Å². The van der Waals surface area contributed by atoms with Gasteiger partial charge in [0, 0.05) is 29.6 Å². The van der Waals surface area contributed by atoms with Crippen molar-refractivity contribution in [3.63, 3.8) is 0 Å². The van der Waals surface area contributed by atoms with Gasteiger partial charge in [-0.3, -0.25) is 5.10 Å². The molecule has 3 aromatic rings. The second kappa shape index (κ2) is 7.07. The summed E-state index contributed by atoms with van der Waals surface area (Å²) in [5.41, 5.74) is 3.43. The van der Waals surface area contributed by atoms with Crippen molar-refractivity contribution in [1.82, 2.24) is 20.2 Å². The average molecular weight is 413 g/mol. The quantitative estimate of drug-likeness (QED) is 0.501. The van der Waals surface area contributed by atoms with Crippen LogP contribution in [0, 0.1) is 0 Å². The van der Waals surface area contributed by atoms with Crippen molar-refractivity contribution >= 4 is 39.2 Å². The summed E-state index contributed by atoms with van der Waals surface area (Å²) in [5, 5.41) is 14.0. The fourth-order valence-electron chi connectivity index (χ4n) is 2.88. The van der Waals surface area contributed by atoms with Crippen LogP contribution in [0.3, 0.4) is 0 Å². The molecule has 0 atom stereocenters. The highest BCUT2D eigenvalue weighted by atomic mass is 79.9. The van der Waals surface area contributed by atoms with Gasteiger partial charge in [-0.2, -0.15) is 10.1 Å². The second-order valence-electron chi connectivity index (χ2n) is 6.86. The lowest BCUT2D eigenvalue weighted by Crippen LogP contribution is -2.04. The highest BCUT2D eigenvalue weighted by Crippen LogP contribution is 2.39. The molecule has 0 saturated heterocycles. The van der Waals surface area contributed by atoms with Gasteiger partial charge in [-0.1, -0.05) is 32.0 Å². The molecule has 1 saturated carbocycles. The van der Waals surface area contributed by atoms with E-state index in [-0.39, 0.29) is 0 Å². The smallest absolute Gasteiger partial charge is 0.229 e. The summed E-state index contributed by atoms with van der Waals surface area (Å²) >= 11 is 3.51. The number of hydrogen-bond acceptors (Lipinski definition) is 5. The highest BCUT2D eigenvalue weighted by molar-refractivity contribution is 9.10. The molecule has 2 heterocycles. The maximum Gasteiger partial charge on any atom is 0.229 e. The number of benzene rings is 1. The first-order valence-electron chi connectivity index (χ1n) is 8.81. The molecule has 0 bridgehead atoms. The topological polar surface area (TPSA) is 78.5 Å². The number of anilines is 4. The van der Waals surface area contributed by atoms with E-state index in [1.54, 1.807) is 6.20 Å². The van der Waals surface area contributed by atoms with Crippen molar-refractivity contribution in [2.24, 2.45) is 0 Å². The van der Waals surface area contributed by atoms with Gasteiger partial charge in [-0.15, -0.1) is 0 Å². The zero-order valence-electron chi connectivity index (χ0n) is 14.8. The summed E-state index contributed by atoms with van der Waals surface area (Å²) in [5.74, 6) is 3.04. The van der Waals surface area contributed by atoms with Crippen LogP contribution >= 0.6 is 15.9 Å². The van der Waals surface area contributed by atoms with E-state index in [1.807, 2.05) is 24.3 Å². The molecule has 0 spiro atoms. The fraction of sp³-hybridized carbons (Fsp3) is 0.316. The van der Waals surface area contributed by atoms with Crippen molar-refractivity contribution in [2.45, 2.75) is 38.5 Å². The van der Waals surface area contributed by atoms with Gasteiger partial charge >= 0.3 is 0 Å². The Labute approximate surface area is 161 Å². The molecule has 0 unspecified atom stereocenters. The van der Waals surface area contributed by atoms with E-state index in [4.69, 9.17) is 0 Å². The number of para-hydroxylation sites is 1. The summed E-state index contributed by atoms with van der Waals surface area (Å²) in [7, 11) is 0. The maximum absolute atomic E-state index is 4.60. The van der Waals surface area contributed by atoms with Gasteiger partial charge < -0.3 is 10.6 Å². The number of hydrogen-bond donors (Lipinski definition) is 3. The largest absolute Gasteiger partial charge is 0.324 e. The Bertz CT molecular complexity index is 916. The van der Waals surface area contributed by atoms with Gasteiger partial charge in [0.25, 0.3) is 0 Å². The Balaban J connectivity index is 1.56. The molecule has 3 N–H and O–H groups in total. The van der Waals surface area contributed by atoms with E-state index >= 15 is 0 Å². The molecule has 26 heavy (non-hydrogen) atoms. The minimum Gasteiger partial charge on any atom is -0.324 e. The number of nitrogens with one attached hydrogen (secondary N) is 3. The van der Waals surface area contributed by atoms with E-state index < -0.39 is 0 Å². The maximum atomic E-state index is 4.60. The normalized spacial score (nSPS) is 13.8. The van der Waals surface area contributed by atoms with Gasteiger partial charge in [-0.05, 0) is 46.3 Å². The number of aromatic nitrogens is 4. The lowest BCUT2D eigenvalue weighted by atomic mass is 10.0. The van der Waals surface area contributed by atoms with Crippen LogP contribution in [0.2, 0.25) is 0 Å². The molecule has 1 fully saturated rings. The van der Waals surface area contributed by atoms with Crippen molar-refractivity contribution in [3.8, 4) is 0 Å². The van der Waals surface area contributed by atoms with Crippen LogP contribution in [-0.4, -0.2) is 20.2 Å². The van der Waals surface area contributed by atoms with Crippen LogP contribution in [0.15, 0.2) is 41.0 Å². The third-order valence-electron chi connectivity index (χ3n) is 4.43. The first kappa shape index (κ1) is 17.0. The number of nitrogens with zero attached hydrogens (tertiary/aromatic N) is 3. The molecule has 6 nitrogen and oxygen atoms in total. The Kier molecular flexibility index (Phi) is 4.63. The third kappa shape index (κ3) is 3.72. The zero-order chi connectivity index (χ0) is 18.1. The van der Waals surface area contributed by atoms with Crippen molar-refractivity contribution < 1.29 is 0 Å². The zero-order valence-corrected chi connectivity index (χ0v) is 16.3. The molecule has 134 valence electrons. The molecule has 0 radical (unpaired) electrons. The summed E-state index contributed by atoms with van der Waals surface area (Å²) in [6.07, 6.45) is 4.22. The van der Waals surface area contributed by atoms with Crippen molar-refractivity contribution in [2.75, 3.05) is 10.6 Å². The fourth-order valence-corrected chi connectivity index (χ4v) is 3.17. The third-order valence-corrected chi connectivity index (χ3v) is 5.02. The monoisotopic (exact) mass is 412 g/mol. The van der Waals surface area contributed by atoms with Gasteiger partial charge in [0.05, 0.1) is 4.47 Å². The lowest BCUT2D eigenvalue weighted by molar-refractivity contribution is 0.868. The van der Waals surface area contributed by atoms with Crippen LogP contribution in [0.5, 0.6) is 0 Å². The van der Waals surface area contributed by atoms with E-state index in [0.29, 0.717) is 23.6 Å². The van der Waals surface area contributed by atoms with E-state index in [9.17, 15) is 0 Å². The van der Waals surface area contributed by atoms with Gasteiger partial charge in [0.2, 0.25) is 5.95 Å². The molecule has 1 aromatic carbocycles. The summed E-state index contributed by atoms with van der Waals surface area (Å²) in [6.45, 7) is 4.34. The molecule has 7 heteroatoms. The van der Waals surface area contributed by atoms with Crippen LogP contribution in [0.4, 0.5) is 23.3 Å². The van der Waals surface area contributed by atoms with Crippen LogP contribution in [-0.2, 0) is 0 Å². The molecular weight excluding hydrogens is 392 g/mol. The summed E-state index contributed by atoms with van der Waals surface area (Å²) in [6, 6.07) is 10.3. The van der Waals surface area contributed by atoms with Gasteiger partial charge in [0.1, 0.15) is 0 Å². The molecule has 1 aliphatic carbocycles. The van der Waals surface area contributed by atoms with Crippen LogP contribution in [0.25, 0.3) is 0 Å². The molecule has 2 aromatic heterocycles. The Morgan fingerprint density at radius 1 is 1.19 bits per heavy atom. The minimum atomic E-state index is 0.414. The molecule has 4 rings (SSSR count). The summed E-state index contributed by atoms with van der Waals surface area (Å²) < 4.78 is 0.788. The SMILES string of the molecule is CC(C)c1ccccc1Nc1ncc(Br)c(Nc2cc(C3CC3)[nH]n2)n1. The Morgan fingerprint density at radius 3 is 2.77 bits per heavy atom. The molecule has 0 aliphatic heterocycles. The number of aromatic amines is 1. The Hall–Kier alpha value is -2.41. The summed E-state index contributed by atoms with van der Waals surface area (Å²) in [4.78, 5) is 8.98. The average Bonchev–Trinajstić information content (AvgIpc) is 3.38. The second-order valence-corrected chi connectivity index (χ2v) is 7.72. The number of halogens is 1. The molecule has 0 amide bonds.